The van der Waals surface area contributed by atoms with Gasteiger partial charge in [0.2, 0.25) is 0 Å². The van der Waals surface area contributed by atoms with Crippen molar-refractivity contribution in [3.05, 3.63) is 48.2 Å². The van der Waals surface area contributed by atoms with Crippen molar-refractivity contribution in [3.8, 4) is 0 Å². The van der Waals surface area contributed by atoms with Crippen molar-refractivity contribution in [3.63, 3.8) is 0 Å². The van der Waals surface area contributed by atoms with E-state index in [0.717, 1.165) is 17.1 Å². The Kier molecular flexibility index (Phi) is 3.42. The van der Waals surface area contributed by atoms with Gasteiger partial charge in [-0.05, 0) is 18.2 Å². The van der Waals surface area contributed by atoms with Gasteiger partial charge in [0.25, 0.3) is 0 Å². The minimum absolute atomic E-state index is 0.374. The van der Waals surface area contributed by atoms with Crippen LogP contribution in [0.3, 0.4) is 0 Å². The highest BCUT2D eigenvalue weighted by atomic mass is 16.4. The lowest BCUT2D eigenvalue weighted by Crippen LogP contribution is -2.13. The summed E-state index contributed by atoms with van der Waals surface area (Å²) < 4.78 is 0. The number of aliphatic carboxylic acids is 2. The number of para-hydroxylation sites is 1. The highest BCUT2D eigenvalue weighted by molar-refractivity contribution is 6.12. The summed E-state index contributed by atoms with van der Waals surface area (Å²) in [6.07, 6.45) is 0.905. The number of rotatable bonds is 4. The molecule has 1 aromatic heterocycles. The van der Waals surface area contributed by atoms with Crippen molar-refractivity contribution in [2.24, 2.45) is 0 Å². The average molecular weight is 258 g/mol. The number of carbonyl (C=O) groups is 2. The first-order valence-electron chi connectivity index (χ1n) is 5.37. The third-order valence-electron chi connectivity index (χ3n) is 2.42. The topological polar surface area (TPSA) is 99.5 Å². The van der Waals surface area contributed by atoms with Gasteiger partial charge in [-0.3, -0.25) is 0 Å². The van der Waals surface area contributed by atoms with E-state index in [-0.39, 0.29) is 0 Å². The van der Waals surface area contributed by atoms with Crippen molar-refractivity contribution in [1.82, 2.24) is 4.98 Å². The van der Waals surface area contributed by atoms with Gasteiger partial charge in [-0.2, -0.15) is 0 Å². The summed E-state index contributed by atoms with van der Waals surface area (Å²) in [4.78, 5) is 25.6. The number of benzene rings is 1. The molecule has 0 amide bonds. The molecule has 1 heterocycles. The molecule has 0 aliphatic carbocycles. The molecule has 19 heavy (non-hydrogen) atoms. The molecule has 0 fully saturated rings. The van der Waals surface area contributed by atoms with Crippen LogP contribution in [0.2, 0.25) is 0 Å². The molecule has 96 valence electrons. The molecular weight excluding hydrogens is 248 g/mol. The lowest BCUT2D eigenvalue weighted by atomic mass is 10.2. The SMILES string of the molecule is O=C(O)C(=CNc1ccc2ccccc2n1)C(=O)O. The fraction of sp³-hybridized carbons (Fsp3) is 0. The van der Waals surface area contributed by atoms with Crippen molar-refractivity contribution in [1.29, 1.82) is 0 Å². The van der Waals surface area contributed by atoms with Crippen LogP contribution in [-0.2, 0) is 9.59 Å². The average Bonchev–Trinajstić information content (AvgIpc) is 2.38. The number of anilines is 1. The first-order valence-corrected chi connectivity index (χ1v) is 5.37. The zero-order valence-corrected chi connectivity index (χ0v) is 9.70. The lowest BCUT2D eigenvalue weighted by Gasteiger charge is -2.03. The largest absolute Gasteiger partial charge is 0.477 e. The van der Waals surface area contributed by atoms with Crippen molar-refractivity contribution in [2.45, 2.75) is 0 Å². The van der Waals surface area contributed by atoms with Gasteiger partial charge in [-0.15, -0.1) is 0 Å². The first-order chi connectivity index (χ1) is 9.08. The standard InChI is InChI=1S/C13H10N2O4/c16-12(17)9(13(18)19)7-14-11-6-5-8-3-1-2-4-10(8)15-11/h1-7H,(H,14,15)(H,16,17)(H,18,19). The van der Waals surface area contributed by atoms with Gasteiger partial charge in [0, 0.05) is 11.6 Å². The van der Waals surface area contributed by atoms with E-state index in [1.165, 1.54) is 0 Å². The Balaban J connectivity index is 2.28. The summed E-state index contributed by atoms with van der Waals surface area (Å²) in [5.74, 6) is -2.65. The van der Waals surface area contributed by atoms with Gasteiger partial charge in [0.15, 0.2) is 5.57 Å². The fourth-order valence-corrected chi connectivity index (χ4v) is 1.51. The zero-order chi connectivity index (χ0) is 13.8. The van der Waals surface area contributed by atoms with Gasteiger partial charge in [0.1, 0.15) is 5.82 Å². The first kappa shape index (κ1) is 12.6. The third kappa shape index (κ3) is 2.86. The number of carboxylic acid groups (broad SMARTS) is 2. The van der Waals surface area contributed by atoms with E-state index in [1.54, 1.807) is 18.2 Å². The van der Waals surface area contributed by atoms with Crippen LogP contribution in [-0.4, -0.2) is 27.1 Å². The maximum Gasteiger partial charge on any atom is 0.344 e. The fourth-order valence-electron chi connectivity index (χ4n) is 1.51. The van der Waals surface area contributed by atoms with Crippen LogP contribution in [0, 0.1) is 0 Å². The van der Waals surface area contributed by atoms with Gasteiger partial charge in [-0.25, -0.2) is 14.6 Å². The molecule has 0 spiro atoms. The molecule has 0 aliphatic heterocycles. The van der Waals surface area contributed by atoms with Crippen molar-refractivity contribution < 1.29 is 19.8 Å². The quantitative estimate of drug-likeness (QED) is 0.438. The second-order valence-corrected chi connectivity index (χ2v) is 3.70. The highest BCUT2D eigenvalue weighted by Crippen LogP contribution is 2.14. The maximum absolute atomic E-state index is 10.7. The molecule has 2 rings (SSSR count). The Morgan fingerprint density at radius 2 is 1.74 bits per heavy atom. The third-order valence-corrected chi connectivity index (χ3v) is 2.42. The molecule has 0 saturated carbocycles. The van der Waals surface area contributed by atoms with E-state index >= 15 is 0 Å². The number of aromatic nitrogens is 1. The van der Waals surface area contributed by atoms with Crippen LogP contribution in [0.25, 0.3) is 10.9 Å². The molecule has 0 bridgehead atoms. The molecule has 0 atom stereocenters. The minimum atomic E-state index is -1.51. The smallest absolute Gasteiger partial charge is 0.344 e. The molecule has 0 radical (unpaired) electrons. The predicted molar refractivity (Wildman–Crippen MR) is 68.7 cm³/mol. The summed E-state index contributed by atoms with van der Waals surface area (Å²) in [7, 11) is 0. The Hall–Kier alpha value is -2.89. The number of nitrogens with one attached hydrogen (secondary N) is 1. The second-order valence-electron chi connectivity index (χ2n) is 3.70. The Labute approximate surface area is 108 Å². The molecule has 1 aromatic carbocycles. The van der Waals surface area contributed by atoms with Crippen LogP contribution in [0.4, 0.5) is 5.82 Å². The number of carboxylic acids is 2. The molecule has 0 saturated heterocycles. The summed E-state index contributed by atoms with van der Waals surface area (Å²) in [6.45, 7) is 0. The Bertz CT molecular complexity index is 663. The predicted octanol–water partition coefficient (Wildman–Crippen LogP) is 1.70. The van der Waals surface area contributed by atoms with E-state index in [9.17, 15) is 9.59 Å². The molecule has 6 heteroatoms. The maximum atomic E-state index is 10.7. The normalized spacial score (nSPS) is 9.89. The summed E-state index contributed by atoms with van der Waals surface area (Å²) in [5.41, 5.74) is -0.0249. The number of pyridine rings is 1. The van der Waals surface area contributed by atoms with E-state index < -0.39 is 17.5 Å². The molecular formula is C13H10N2O4. The number of nitrogens with zero attached hydrogens (tertiary/aromatic N) is 1. The lowest BCUT2D eigenvalue weighted by molar-refractivity contribution is -0.140. The molecule has 6 nitrogen and oxygen atoms in total. The summed E-state index contributed by atoms with van der Waals surface area (Å²) in [5, 5.41) is 20.9. The van der Waals surface area contributed by atoms with Gasteiger partial charge < -0.3 is 15.5 Å². The summed E-state index contributed by atoms with van der Waals surface area (Å²) >= 11 is 0. The molecule has 0 unspecified atom stereocenters. The number of hydrogen-bond donors (Lipinski definition) is 3. The second kappa shape index (κ2) is 5.18. The number of hydrogen-bond acceptors (Lipinski definition) is 4. The molecule has 3 N–H and O–H groups in total. The van der Waals surface area contributed by atoms with Crippen molar-refractivity contribution >= 4 is 28.7 Å². The van der Waals surface area contributed by atoms with Gasteiger partial charge >= 0.3 is 11.9 Å². The molecule has 0 aliphatic rings. The van der Waals surface area contributed by atoms with E-state index in [4.69, 9.17) is 10.2 Å². The van der Waals surface area contributed by atoms with Crippen LogP contribution < -0.4 is 5.32 Å². The van der Waals surface area contributed by atoms with Gasteiger partial charge in [0.05, 0.1) is 5.52 Å². The number of fused-ring (bicyclic) bond motifs is 1. The van der Waals surface area contributed by atoms with Gasteiger partial charge in [-0.1, -0.05) is 18.2 Å². The molecule has 2 aromatic rings. The Morgan fingerprint density at radius 3 is 2.42 bits per heavy atom. The van der Waals surface area contributed by atoms with Crippen LogP contribution in [0.1, 0.15) is 0 Å². The summed E-state index contributed by atoms with van der Waals surface area (Å²) in [6, 6.07) is 10.8. The van der Waals surface area contributed by atoms with Crippen molar-refractivity contribution in [2.75, 3.05) is 5.32 Å². The highest BCUT2D eigenvalue weighted by Gasteiger charge is 2.15. The van der Waals surface area contributed by atoms with E-state index in [2.05, 4.69) is 10.3 Å². The van der Waals surface area contributed by atoms with Crippen LogP contribution in [0.15, 0.2) is 48.2 Å². The van der Waals surface area contributed by atoms with E-state index in [0.29, 0.717) is 5.82 Å². The monoisotopic (exact) mass is 258 g/mol. The van der Waals surface area contributed by atoms with Crippen LogP contribution in [0.5, 0.6) is 0 Å². The van der Waals surface area contributed by atoms with Crippen LogP contribution >= 0.6 is 0 Å². The minimum Gasteiger partial charge on any atom is -0.477 e. The van der Waals surface area contributed by atoms with E-state index in [1.807, 2.05) is 18.2 Å². The zero-order valence-electron chi connectivity index (χ0n) is 9.70. The Morgan fingerprint density at radius 1 is 1.05 bits per heavy atom.